The second-order valence-corrected chi connectivity index (χ2v) is 3.74. The summed E-state index contributed by atoms with van der Waals surface area (Å²) in [6.45, 7) is 2.56. The van der Waals surface area contributed by atoms with Gasteiger partial charge in [0.1, 0.15) is 5.75 Å². The van der Waals surface area contributed by atoms with Gasteiger partial charge in [0.25, 0.3) is 5.89 Å². The summed E-state index contributed by atoms with van der Waals surface area (Å²) in [6, 6.07) is 5.84. The van der Waals surface area contributed by atoms with Crippen LogP contribution in [0.25, 0.3) is 11.5 Å². The van der Waals surface area contributed by atoms with Gasteiger partial charge in [0.05, 0.1) is 19.2 Å². The Hall–Kier alpha value is -1.88. The highest BCUT2D eigenvalue weighted by molar-refractivity contribution is 5.63. The number of hydrogen-bond donors (Lipinski definition) is 1. The van der Waals surface area contributed by atoms with Gasteiger partial charge in [-0.25, -0.2) is 0 Å². The van der Waals surface area contributed by atoms with E-state index in [2.05, 4.69) is 15.5 Å². The molecule has 0 saturated heterocycles. The van der Waals surface area contributed by atoms with Gasteiger partial charge < -0.3 is 14.5 Å². The average molecular weight is 233 g/mol. The zero-order valence-corrected chi connectivity index (χ0v) is 10.2. The van der Waals surface area contributed by atoms with Crippen LogP contribution >= 0.6 is 0 Å². The van der Waals surface area contributed by atoms with Crippen LogP contribution in [0.2, 0.25) is 0 Å². The molecule has 5 nitrogen and oxygen atoms in total. The molecule has 0 fully saturated rings. The van der Waals surface area contributed by atoms with Crippen molar-refractivity contribution in [1.29, 1.82) is 0 Å². The minimum atomic E-state index is 0.482. The molecule has 0 aliphatic heterocycles. The third-order valence-corrected chi connectivity index (χ3v) is 2.38. The van der Waals surface area contributed by atoms with Crippen LogP contribution in [0, 0.1) is 6.92 Å². The molecule has 1 heterocycles. The third kappa shape index (κ3) is 2.45. The first-order valence-electron chi connectivity index (χ1n) is 5.36. The van der Waals surface area contributed by atoms with Crippen LogP contribution in [0.4, 0.5) is 0 Å². The van der Waals surface area contributed by atoms with E-state index in [0.717, 1.165) is 16.9 Å². The molecule has 17 heavy (non-hydrogen) atoms. The van der Waals surface area contributed by atoms with Gasteiger partial charge in [-0.2, -0.15) is 0 Å². The minimum Gasteiger partial charge on any atom is -0.496 e. The molecule has 5 heteroatoms. The lowest BCUT2D eigenvalue weighted by atomic mass is 10.1. The quantitative estimate of drug-likeness (QED) is 0.872. The van der Waals surface area contributed by atoms with Gasteiger partial charge in [-0.05, 0) is 26.1 Å². The van der Waals surface area contributed by atoms with Crippen molar-refractivity contribution >= 4 is 0 Å². The van der Waals surface area contributed by atoms with Gasteiger partial charge in [-0.1, -0.05) is 11.6 Å². The smallest absolute Gasteiger partial charge is 0.251 e. The van der Waals surface area contributed by atoms with Gasteiger partial charge in [0.15, 0.2) is 0 Å². The summed E-state index contributed by atoms with van der Waals surface area (Å²) in [7, 11) is 3.45. The van der Waals surface area contributed by atoms with E-state index in [1.54, 1.807) is 7.11 Å². The zero-order valence-electron chi connectivity index (χ0n) is 10.2. The molecule has 2 aromatic rings. The van der Waals surface area contributed by atoms with Gasteiger partial charge in [-0.15, -0.1) is 10.2 Å². The summed E-state index contributed by atoms with van der Waals surface area (Å²) in [5.41, 5.74) is 1.94. The Labute approximate surface area is 99.8 Å². The third-order valence-electron chi connectivity index (χ3n) is 2.38. The predicted molar refractivity (Wildman–Crippen MR) is 63.8 cm³/mol. The normalized spacial score (nSPS) is 10.5. The lowest BCUT2D eigenvalue weighted by Gasteiger charge is -2.05. The lowest BCUT2D eigenvalue weighted by Crippen LogP contribution is -2.04. The second kappa shape index (κ2) is 4.97. The van der Waals surface area contributed by atoms with Crippen LogP contribution in [0.1, 0.15) is 11.5 Å². The molecule has 1 N–H and O–H groups in total. The predicted octanol–water partition coefficient (Wildman–Crippen LogP) is 1.77. The van der Waals surface area contributed by atoms with E-state index in [9.17, 15) is 0 Å². The number of nitrogens with one attached hydrogen (secondary N) is 1. The number of aryl methyl sites for hydroxylation is 1. The maximum Gasteiger partial charge on any atom is 0.251 e. The molecular formula is C12H15N3O2. The maximum atomic E-state index is 5.54. The number of nitrogens with zero attached hydrogens (tertiary/aromatic N) is 2. The Morgan fingerprint density at radius 2 is 2.18 bits per heavy atom. The molecule has 0 aliphatic rings. The van der Waals surface area contributed by atoms with Crippen molar-refractivity contribution in [2.45, 2.75) is 13.5 Å². The van der Waals surface area contributed by atoms with Crippen LogP contribution in [0.15, 0.2) is 22.6 Å². The molecule has 1 aromatic carbocycles. The number of hydrogen-bond acceptors (Lipinski definition) is 5. The molecule has 0 saturated carbocycles. The molecule has 1 aromatic heterocycles. The SMILES string of the molecule is CNCc1nnc(-c2cc(C)ccc2OC)o1. The van der Waals surface area contributed by atoms with Crippen molar-refractivity contribution in [3.05, 3.63) is 29.7 Å². The Kier molecular flexibility index (Phi) is 3.39. The van der Waals surface area contributed by atoms with E-state index in [1.807, 2.05) is 32.2 Å². The fourth-order valence-corrected chi connectivity index (χ4v) is 1.57. The van der Waals surface area contributed by atoms with Gasteiger partial charge in [-0.3, -0.25) is 0 Å². The van der Waals surface area contributed by atoms with E-state index in [0.29, 0.717) is 18.3 Å². The van der Waals surface area contributed by atoms with E-state index >= 15 is 0 Å². The fourth-order valence-electron chi connectivity index (χ4n) is 1.57. The first-order valence-corrected chi connectivity index (χ1v) is 5.36. The van der Waals surface area contributed by atoms with Crippen molar-refractivity contribution in [3.8, 4) is 17.2 Å². The first-order chi connectivity index (χ1) is 8.24. The largest absolute Gasteiger partial charge is 0.496 e. The number of benzene rings is 1. The van der Waals surface area contributed by atoms with Crippen molar-refractivity contribution in [2.75, 3.05) is 14.2 Å². The van der Waals surface area contributed by atoms with Gasteiger partial charge in [0.2, 0.25) is 5.89 Å². The molecule has 0 atom stereocenters. The topological polar surface area (TPSA) is 60.2 Å². The summed E-state index contributed by atoms with van der Waals surface area (Å²) < 4.78 is 10.8. The van der Waals surface area contributed by atoms with Gasteiger partial charge in [0, 0.05) is 0 Å². The lowest BCUT2D eigenvalue weighted by molar-refractivity contribution is 0.413. The van der Waals surface area contributed by atoms with Crippen molar-refractivity contribution in [3.63, 3.8) is 0 Å². The van der Waals surface area contributed by atoms with Gasteiger partial charge >= 0.3 is 0 Å². The van der Waals surface area contributed by atoms with Crippen molar-refractivity contribution < 1.29 is 9.15 Å². The van der Waals surface area contributed by atoms with E-state index in [4.69, 9.17) is 9.15 Å². The Bertz CT molecular complexity index is 508. The maximum absolute atomic E-state index is 5.54. The summed E-state index contributed by atoms with van der Waals surface area (Å²) in [5.74, 6) is 1.78. The molecule has 0 aliphatic carbocycles. The van der Waals surface area contributed by atoms with E-state index < -0.39 is 0 Å². The summed E-state index contributed by atoms with van der Waals surface area (Å²) in [5, 5.41) is 10.9. The summed E-state index contributed by atoms with van der Waals surface area (Å²) in [4.78, 5) is 0. The van der Waals surface area contributed by atoms with Crippen molar-refractivity contribution in [1.82, 2.24) is 15.5 Å². The number of aromatic nitrogens is 2. The number of rotatable bonds is 4. The molecule has 0 spiro atoms. The average Bonchev–Trinajstić information content (AvgIpc) is 2.78. The molecule has 0 amide bonds. The molecule has 2 rings (SSSR count). The minimum absolute atomic E-state index is 0.482. The van der Waals surface area contributed by atoms with E-state index in [-0.39, 0.29) is 0 Å². The number of ether oxygens (including phenoxy) is 1. The van der Waals surface area contributed by atoms with Crippen LogP contribution in [-0.2, 0) is 6.54 Å². The summed E-state index contributed by atoms with van der Waals surface area (Å²) >= 11 is 0. The van der Waals surface area contributed by atoms with Crippen LogP contribution in [0.5, 0.6) is 5.75 Å². The monoisotopic (exact) mass is 233 g/mol. The number of methoxy groups -OCH3 is 1. The summed E-state index contributed by atoms with van der Waals surface area (Å²) in [6.07, 6.45) is 0. The second-order valence-electron chi connectivity index (χ2n) is 3.74. The highest BCUT2D eigenvalue weighted by Crippen LogP contribution is 2.29. The molecular weight excluding hydrogens is 218 g/mol. The first kappa shape index (κ1) is 11.6. The Morgan fingerprint density at radius 1 is 1.35 bits per heavy atom. The van der Waals surface area contributed by atoms with E-state index in [1.165, 1.54) is 0 Å². The zero-order chi connectivity index (χ0) is 12.3. The molecule has 90 valence electrons. The highest BCUT2D eigenvalue weighted by Gasteiger charge is 2.13. The molecule has 0 radical (unpaired) electrons. The van der Waals surface area contributed by atoms with Crippen LogP contribution < -0.4 is 10.1 Å². The highest BCUT2D eigenvalue weighted by atomic mass is 16.5. The van der Waals surface area contributed by atoms with Crippen LogP contribution in [-0.4, -0.2) is 24.4 Å². The molecule has 0 unspecified atom stereocenters. The fraction of sp³-hybridized carbons (Fsp3) is 0.333. The van der Waals surface area contributed by atoms with Crippen molar-refractivity contribution in [2.24, 2.45) is 0 Å². The Balaban J connectivity index is 2.40. The van der Waals surface area contributed by atoms with Crippen LogP contribution in [0.3, 0.4) is 0 Å². The molecule has 0 bridgehead atoms. The standard InChI is InChI=1S/C12H15N3O2/c1-8-4-5-10(16-3)9(6-8)12-15-14-11(17-12)7-13-2/h4-6,13H,7H2,1-3H3. The Morgan fingerprint density at radius 3 is 2.88 bits per heavy atom.